The van der Waals surface area contributed by atoms with E-state index in [1.165, 1.54) is 0 Å². The maximum atomic E-state index is 11.7. The Morgan fingerprint density at radius 3 is 1.41 bits per heavy atom. The van der Waals surface area contributed by atoms with Crippen molar-refractivity contribution in [2.75, 3.05) is 0 Å². The third kappa shape index (κ3) is 6.89. The highest BCUT2D eigenvalue weighted by atomic mass is 79.9. The maximum absolute atomic E-state index is 11.7. The van der Waals surface area contributed by atoms with Crippen LogP contribution in [0.25, 0.3) is 0 Å². The zero-order chi connectivity index (χ0) is 25.7. The highest BCUT2D eigenvalue weighted by Gasteiger charge is 2.51. The average Bonchev–Trinajstić information content (AvgIpc) is 2.51. The van der Waals surface area contributed by atoms with Crippen LogP contribution in [-0.4, -0.2) is 54.5 Å². The number of halogens is 1. The highest BCUT2D eigenvalue weighted by molar-refractivity contribution is 9.11. The molecule has 1 aliphatic carbocycles. The molecule has 4 atom stereocenters. The fourth-order valence-electron chi connectivity index (χ4n) is 2.77. The molecule has 0 aliphatic heterocycles. The Bertz CT molecular complexity index is 685. The molecule has 0 saturated carbocycles. The number of hydrogen-bond acceptors (Lipinski definition) is 4. The van der Waals surface area contributed by atoms with E-state index in [4.69, 9.17) is 13.3 Å². The van der Waals surface area contributed by atoms with E-state index in [9.17, 15) is 5.11 Å². The molecule has 0 heterocycles. The molecule has 1 rings (SSSR count). The van der Waals surface area contributed by atoms with Gasteiger partial charge in [0.15, 0.2) is 25.0 Å². The van der Waals surface area contributed by atoms with Gasteiger partial charge in [-0.25, -0.2) is 0 Å². The SMILES string of the molecule is CC(C)(C)[Si](C)(C)O[C@H]1[C@H](O)[C@H](O[Si](C)(C)C(C)(C)C)C(Br)=C[C@@H]1O[Si](C)(C)C(C)(C)C. The molecule has 0 unspecified atom stereocenters. The summed E-state index contributed by atoms with van der Waals surface area (Å²) in [7, 11) is -6.35. The first-order valence-corrected chi connectivity index (χ1v) is 21.4. The Balaban J connectivity index is 3.46. The molecule has 4 nitrogen and oxygen atoms in total. The topological polar surface area (TPSA) is 47.9 Å². The number of aliphatic hydroxyl groups is 1. The van der Waals surface area contributed by atoms with Crippen LogP contribution in [0.3, 0.4) is 0 Å². The molecule has 1 aliphatic rings. The van der Waals surface area contributed by atoms with Crippen LogP contribution in [-0.2, 0) is 13.3 Å². The third-order valence-corrected chi connectivity index (χ3v) is 22.4. The van der Waals surface area contributed by atoms with Gasteiger partial charge in [-0.3, -0.25) is 0 Å². The van der Waals surface area contributed by atoms with Gasteiger partial charge in [0.25, 0.3) is 0 Å². The van der Waals surface area contributed by atoms with Crippen LogP contribution < -0.4 is 0 Å². The molecular formula is C24H51BrO4Si3. The predicted molar refractivity (Wildman–Crippen MR) is 149 cm³/mol. The Hall–Kier alpha value is 0.711. The summed E-state index contributed by atoms with van der Waals surface area (Å²) in [6.45, 7) is 33.5. The van der Waals surface area contributed by atoms with Gasteiger partial charge < -0.3 is 18.4 Å². The van der Waals surface area contributed by atoms with E-state index in [2.05, 4.69) is 124 Å². The molecule has 32 heavy (non-hydrogen) atoms. The lowest BCUT2D eigenvalue weighted by atomic mass is 9.96. The van der Waals surface area contributed by atoms with Crippen molar-refractivity contribution in [3.05, 3.63) is 10.6 Å². The first-order chi connectivity index (χ1) is 13.8. The Morgan fingerprint density at radius 1 is 0.688 bits per heavy atom. The van der Waals surface area contributed by atoms with Crippen molar-refractivity contribution in [3.8, 4) is 0 Å². The third-order valence-electron chi connectivity index (χ3n) is 8.27. The molecule has 0 fully saturated rings. The normalized spacial score (nSPS) is 26.8. The van der Waals surface area contributed by atoms with Crippen LogP contribution in [0.4, 0.5) is 0 Å². The lowest BCUT2D eigenvalue weighted by molar-refractivity contribution is -0.0759. The van der Waals surface area contributed by atoms with Crippen molar-refractivity contribution in [1.82, 2.24) is 0 Å². The zero-order valence-corrected chi connectivity index (χ0v) is 28.0. The molecule has 0 amide bonds. The van der Waals surface area contributed by atoms with Gasteiger partial charge in [0.05, 0.1) is 6.10 Å². The molecule has 8 heteroatoms. The molecular weight excluding hydrogens is 516 g/mol. The van der Waals surface area contributed by atoms with Crippen molar-refractivity contribution < 1.29 is 18.4 Å². The van der Waals surface area contributed by atoms with Crippen molar-refractivity contribution in [2.24, 2.45) is 0 Å². The molecule has 0 aromatic rings. The average molecular weight is 568 g/mol. The van der Waals surface area contributed by atoms with Gasteiger partial charge in [0.1, 0.15) is 18.3 Å². The van der Waals surface area contributed by atoms with Gasteiger partial charge in [-0.1, -0.05) is 78.2 Å². The van der Waals surface area contributed by atoms with E-state index in [1.807, 2.05) is 0 Å². The summed E-state index contributed by atoms with van der Waals surface area (Å²) in [4.78, 5) is 0. The van der Waals surface area contributed by atoms with Crippen LogP contribution in [0.5, 0.6) is 0 Å². The van der Waals surface area contributed by atoms with Gasteiger partial charge in [-0.15, -0.1) is 0 Å². The van der Waals surface area contributed by atoms with Crippen molar-refractivity contribution in [1.29, 1.82) is 0 Å². The van der Waals surface area contributed by atoms with Crippen LogP contribution in [0, 0.1) is 0 Å². The Morgan fingerprint density at radius 2 is 1.03 bits per heavy atom. The first kappa shape index (κ1) is 30.7. The fourth-order valence-corrected chi connectivity index (χ4v) is 7.36. The molecule has 0 radical (unpaired) electrons. The number of rotatable bonds is 6. The second-order valence-electron chi connectivity index (χ2n) is 14.0. The highest BCUT2D eigenvalue weighted by Crippen LogP contribution is 2.45. The van der Waals surface area contributed by atoms with Gasteiger partial charge in [-0.2, -0.15) is 0 Å². The summed E-state index contributed by atoms with van der Waals surface area (Å²) in [5.41, 5.74) is 0. The predicted octanol–water partition coefficient (Wildman–Crippen LogP) is 7.81. The quantitative estimate of drug-likeness (QED) is 0.333. The van der Waals surface area contributed by atoms with Crippen molar-refractivity contribution >= 4 is 40.9 Å². The van der Waals surface area contributed by atoms with Crippen molar-refractivity contribution in [2.45, 2.75) is 141 Å². The molecule has 0 saturated heterocycles. The second-order valence-corrected chi connectivity index (χ2v) is 29.2. The summed E-state index contributed by atoms with van der Waals surface area (Å²) in [5, 5.41) is 11.8. The van der Waals surface area contributed by atoms with E-state index in [0.29, 0.717) is 0 Å². The van der Waals surface area contributed by atoms with Crippen molar-refractivity contribution in [3.63, 3.8) is 0 Å². The minimum Gasteiger partial charge on any atom is -0.408 e. The Kier molecular flexibility index (Phi) is 9.26. The van der Waals surface area contributed by atoms with E-state index in [-0.39, 0.29) is 21.2 Å². The molecule has 0 spiro atoms. The van der Waals surface area contributed by atoms with Crippen LogP contribution in [0.15, 0.2) is 10.6 Å². The van der Waals surface area contributed by atoms with E-state index < -0.39 is 43.3 Å². The largest absolute Gasteiger partial charge is 0.408 e. The summed E-state index contributed by atoms with van der Waals surface area (Å²) in [6.07, 6.45) is 0.0927. The first-order valence-electron chi connectivity index (χ1n) is 11.9. The second kappa shape index (κ2) is 9.64. The van der Waals surface area contributed by atoms with Gasteiger partial charge in [-0.05, 0) is 60.5 Å². The van der Waals surface area contributed by atoms with Gasteiger partial charge in [0, 0.05) is 4.48 Å². The van der Waals surface area contributed by atoms with Gasteiger partial charge >= 0.3 is 0 Å². The summed E-state index contributed by atoms with van der Waals surface area (Å²) >= 11 is 3.75. The molecule has 0 aromatic heterocycles. The van der Waals surface area contributed by atoms with Crippen LogP contribution in [0.2, 0.25) is 54.4 Å². The maximum Gasteiger partial charge on any atom is 0.193 e. The van der Waals surface area contributed by atoms with Gasteiger partial charge in [0.2, 0.25) is 0 Å². The molecule has 1 N–H and O–H groups in total. The molecule has 0 aromatic carbocycles. The summed E-state index contributed by atoms with van der Waals surface area (Å²) < 4.78 is 21.3. The standard InChI is InChI=1S/C24H51BrO4Si3/c1-22(2,3)30(10,11)27-18-16-17(25)20(28-31(12,13)23(4,5)6)19(26)21(18)29-32(14,15)24(7,8)9/h16,18-21,26H,1-15H3/t18-,19+,20+,21+/m0/s1. The van der Waals surface area contributed by atoms with E-state index >= 15 is 0 Å². The monoisotopic (exact) mass is 566 g/mol. The number of aliphatic hydroxyl groups excluding tert-OH is 1. The summed E-state index contributed by atoms with van der Waals surface area (Å²) in [5.74, 6) is 0. The molecule has 0 bridgehead atoms. The van der Waals surface area contributed by atoms with E-state index in [1.54, 1.807) is 0 Å². The van der Waals surface area contributed by atoms with E-state index in [0.717, 1.165) is 4.48 Å². The smallest absolute Gasteiger partial charge is 0.193 e. The minimum atomic E-state index is -2.16. The minimum absolute atomic E-state index is 0.0302. The zero-order valence-electron chi connectivity index (χ0n) is 23.4. The Labute approximate surface area is 210 Å². The number of hydrogen-bond donors (Lipinski definition) is 1. The van der Waals surface area contributed by atoms with Crippen LogP contribution in [0.1, 0.15) is 62.3 Å². The fraction of sp³-hybridized carbons (Fsp3) is 0.917. The van der Waals surface area contributed by atoms with Crippen LogP contribution >= 0.6 is 15.9 Å². The lowest BCUT2D eigenvalue weighted by Crippen LogP contribution is -2.60. The summed E-state index contributed by atoms with van der Waals surface area (Å²) in [6, 6.07) is 0. The molecule has 190 valence electrons. The lowest BCUT2D eigenvalue weighted by Gasteiger charge is -2.49.